The summed E-state index contributed by atoms with van der Waals surface area (Å²) in [5.74, 6) is -0.502. The van der Waals surface area contributed by atoms with Crippen LogP contribution in [-0.2, 0) is 0 Å². The van der Waals surface area contributed by atoms with Gasteiger partial charge in [-0.2, -0.15) is 0 Å². The van der Waals surface area contributed by atoms with Gasteiger partial charge in [0.15, 0.2) is 11.6 Å². The van der Waals surface area contributed by atoms with Crippen molar-refractivity contribution in [1.29, 1.82) is 0 Å². The van der Waals surface area contributed by atoms with E-state index in [0.29, 0.717) is 27.1 Å². The van der Waals surface area contributed by atoms with Crippen LogP contribution in [0.15, 0.2) is 30.8 Å². The topological polar surface area (TPSA) is 9.23 Å². The van der Waals surface area contributed by atoms with Gasteiger partial charge in [-0.3, -0.25) is 0 Å². The third kappa shape index (κ3) is 2.72. The Balaban J connectivity index is 2.16. The number of ether oxygens (including phenoxy) is 1. The smallest absolute Gasteiger partial charge is 0.182 e. The number of allylic oxidation sites excluding steroid dienone is 1. The van der Waals surface area contributed by atoms with Gasteiger partial charge >= 0.3 is 0 Å². The van der Waals surface area contributed by atoms with Crippen LogP contribution in [0.2, 0.25) is 0 Å². The highest BCUT2D eigenvalue weighted by Gasteiger charge is 2.17. The second-order valence-corrected chi connectivity index (χ2v) is 6.66. The van der Waals surface area contributed by atoms with E-state index in [1.165, 1.54) is 0 Å². The summed E-state index contributed by atoms with van der Waals surface area (Å²) in [5, 5.41) is 1.45. The van der Waals surface area contributed by atoms with Crippen LogP contribution in [-0.4, -0.2) is 6.61 Å². The highest BCUT2D eigenvalue weighted by Crippen LogP contribution is 2.41. The van der Waals surface area contributed by atoms with Crippen LogP contribution in [0, 0.1) is 11.6 Å². The Morgan fingerprint density at radius 3 is 2.39 bits per heavy atom. The second kappa shape index (κ2) is 6.28. The summed E-state index contributed by atoms with van der Waals surface area (Å²) in [6, 6.07) is 6.97. The molecule has 120 valence electrons. The molecule has 3 rings (SSSR count). The van der Waals surface area contributed by atoms with Crippen LogP contribution in [0.1, 0.15) is 32.3 Å². The number of thiophene rings is 1. The molecule has 0 saturated heterocycles. The zero-order valence-corrected chi connectivity index (χ0v) is 14.0. The Labute approximate surface area is 138 Å². The van der Waals surface area contributed by atoms with Gasteiger partial charge in [-0.25, -0.2) is 8.78 Å². The molecule has 0 aliphatic rings. The summed E-state index contributed by atoms with van der Waals surface area (Å²) in [5.41, 5.74) is 1.13. The first kappa shape index (κ1) is 15.9. The third-order valence-corrected chi connectivity index (χ3v) is 5.07. The first-order chi connectivity index (χ1) is 11.0. The number of hydrogen-bond acceptors (Lipinski definition) is 2. The van der Waals surface area contributed by atoms with Crippen molar-refractivity contribution in [3.8, 4) is 5.75 Å². The number of unbranched alkanes of at least 4 members (excludes halogenated alkanes) is 1. The van der Waals surface area contributed by atoms with Crippen molar-refractivity contribution in [2.75, 3.05) is 6.61 Å². The van der Waals surface area contributed by atoms with E-state index >= 15 is 0 Å². The fourth-order valence-corrected chi connectivity index (χ4v) is 3.76. The van der Waals surface area contributed by atoms with Gasteiger partial charge in [0, 0.05) is 16.3 Å². The van der Waals surface area contributed by atoms with Crippen molar-refractivity contribution in [2.24, 2.45) is 0 Å². The molecule has 3 aromatic rings. The minimum atomic E-state index is -0.406. The monoisotopic (exact) mass is 332 g/mol. The lowest BCUT2D eigenvalue weighted by Gasteiger charge is -2.06. The first-order valence-corrected chi connectivity index (χ1v) is 8.48. The van der Waals surface area contributed by atoms with Crippen molar-refractivity contribution in [1.82, 2.24) is 0 Å². The zero-order chi connectivity index (χ0) is 16.6. The number of halogens is 2. The molecule has 0 fully saturated rings. The summed E-state index contributed by atoms with van der Waals surface area (Å²) >= 11 is 1.13. The number of fused-ring (bicyclic) bond motifs is 3. The minimum Gasteiger partial charge on any atom is -0.490 e. The highest BCUT2D eigenvalue weighted by molar-refractivity contribution is 7.25. The zero-order valence-electron chi connectivity index (χ0n) is 13.2. The third-order valence-electron chi connectivity index (χ3n) is 3.87. The number of hydrogen-bond donors (Lipinski definition) is 0. The van der Waals surface area contributed by atoms with E-state index < -0.39 is 5.82 Å². The normalized spacial score (nSPS) is 11.3. The molecule has 0 unspecified atom stereocenters. The molecule has 0 aliphatic carbocycles. The molecule has 1 aromatic heterocycles. The standard InChI is InChI=1S/C19H18F2OS/c1-4-5-10-22-15-9-8-14-13-7-6-12(11(2)3)16(20)18(13)23-19(14)17(15)21/h6-9H,2,4-5,10H2,1,3H3. The van der Waals surface area contributed by atoms with E-state index in [2.05, 4.69) is 13.5 Å². The van der Waals surface area contributed by atoms with E-state index in [4.69, 9.17) is 4.74 Å². The van der Waals surface area contributed by atoms with Gasteiger partial charge in [0.2, 0.25) is 0 Å². The van der Waals surface area contributed by atoms with Crippen LogP contribution in [0.3, 0.4) is 0 Å². The predicted molar refractivity (Wildman–Crippen MR) is 94.4 cm³/mol. The molecule has 1 nitrogen and oxygen atoms in total. The summed E-state index contributed by atoms with van der Waals surface area (Å²) in [4.78, 5) is 0. The Morgan fingerprint density at radius 1 is 1.09 bits per heavy atom. The quantitative estimate of drug-likeness (QED) is 0.482. The van der Waals surface area contributed by atoms with Gasteiger partial charge in [-0.15, -0.1) is 11.3 Å². The summed E-state index contributed by atoms with van der Waals surface area (Å²) in [6.07, 6.45) is 1.86. The second-order valence-electron chi connectivity index (χ2n) is 5.64. The van der Waals surface area contributed by atoms with Crippen LogP contribution >= 0.6 is 11.3 Å². The Kier molecular flexibility index (Phi) is 4.35. The minimum absolute atomic E-state index is 0.234. The van der Waals surface area contributed by atoms with Gasteiger partial charge in [0.05, 0.1) is 16.0 Å². The van der Waals surface area contributed by atoms with Crippen molar-refractivity contribution >= 4 is 37.1 Å². The van der Waals surface area contributed by atoms with Gasteiger partial charge in [-0.05, 0) is 31.1 Å². The molecule has 0 saturated carbocycles. The summed E-state index contributed by atoms with van der Waals surface area (Å²) in [6.45, 7) is 8.09. The molecule has 0 spiro atoms. The molecule has 0 atom stereocenters. The molecule has 4 heteroatoms. The van der Waals surface area contributed by atoms with E-state index in [9.17, 15) is 8.78 Å². The molecule has 0 N–H and O–H groups in total. The Morgan fingerprint density at radius 2 is 1.74 bits per heavy atom. The van der Waals surface area contributed by atoms with Crippen molar-refractivity contribution in [2.45, 2.75) is 26.7 Å². The highest BCUT2D eigenvalue weighted by atomic mass is 32.1. The van der Waals surface area contributed by atoms with Gasteiger partial charge < -0.3 is 4.74 Å². The average molecular weight is 332 g/mol. The predicted octanol–water partition coefficient (Wildman–Crippen LogP) is 6.54. The maximum atomic E-state index is 14.7. The van der Waals surface area contributed by atoms with Crippen LogP contribution in [0.4, 0.5) is 8.78 Å². The molecular formula is C19H18F2OS. The van der Waals surface area contributed by atoms with Crippen LogP contribution < -0.4 is 4.74 Å². The number of benzene rings is 2. The SMILES string of the molecule is C=C(C)c1ccc2c(sc3c(F)c(OCCCC)ccc32)c1F. The fourth-order valence-electron chi connectivity index (χ4n) is 2.59. The van der Waals surface area contributed by atoms with E-state index in [0.717, 1.165) is 35.0 Å². The van der Waals surface area contributed by atoms with Gasteiger partial charge in [0.1, 0.15) is 5.82 Å². The van der Waals surface area contributed by atoms with E-state index in [-0.39, 0.29) is 11.6 Å². The molecular weight excluding hydrogens is 314 g/mol. The molecule has 0 amide bonds. The van der Waals surface area contributed by atoms with Crippen molar-refractivity contribution in [3.63, 3.8) is 0 Å². The lowest BCUT2D eigenvalue weighted by Crippen LogP contribution is -1.98. The largest absolute Gasteiger partial charge is 0.490 e. The van der Waals surface area contributed by atoms with Gasteiger partial charge in [0.25, 0.3) is 0 Å². The molecule has 0 radical (unpaired) electrons. The lowest BCUT2D eigenvalue weighted by atomic mass is 10.1. The fraction of sp³-hybridized carbons (Fsp3) is 0.263. The molecule has 1 heterocycles. The first-order valence-electron chi connectivity index (χ1n) is 7.66. The number of rotatable bonds is 5. The van der Waals surface area contributed by atoms with Crippen LogP contribution in [0.25, 0.3) is 25.7 Å². The van der Waals surface area contributed by atoms with Crippen molar-refractivity contribution < 1.29 is 13.5 Å². The van der Waals surface area contributed by atoms with E-state index in [1.54, 1.807) is 25.1 Å². The summed E-state index contributed by atoms with van der Waals surface area (Å²) in [7, 11) is 0. The lowest BCUT2D eigenvalue weighted by molar-refractivity contribution is 0.295. The molecule has 2 aromatic carbocycles. The van der Waals surface area contributed by atoms with Crippen molar-refractivity contribution in [3.05, 3.63) is 48.0 Å². The maximum Gasteiger partial charge on any atom is 0.182 e. The molecule has 23 heavy (non-hydrogen) atoms. The average Bonchev–Trinajstić information content (AvgIpc) is 2.90. The Bertz CT molecular complexity index is 895. The maximum absolute atomic E-state index is 14.7. The summed E-state index contributed by atoms with van der Waals surface area (Å²) < 4.78 is 35.7. The van der Waals surface area contributed by atoms with Gasteiger partial charge in [-0.1, -0.05) is 32.1 Å². The molecule has 0 aliphatic heterocycles. The molecule has 0 bridgehead atoms. The Hall–Kier alpha value is -1.94. The van der Waals surface area contributed by atoms with Crippen LogP contribution in [0.5, 0.6) is 5.75 Å². The van der Waals surface area contributed by atoms with E-state index in [1.807, 2.05) is 6.07 Å².